The quantitative estimate of drug-likeness (QED) is 0.317. The maximum absolute atomic E-state index is 12.2. The first-order chi connectivity index (χ1) is 11.4. The SMILES string of the molecule is C=CCOc1ccc(OC(=O)c2ccc(O[Si](C)(C)C)cc2)cc1. The molecule has 0 aromatic heterocycles. The summed E-state index contributed by atoms with van der Waals surface area (Å²) in [6, 6.07) is 13.9. The van der Waals surface area contributed by atoms with Gasteiger partial charge in [-0.05, 0) is 68.2 Å². The van der Waals surface area contributed by atoms with Gasteiger partial charge in [0.15, 0.2) is 0 Å². The topological polar surface area (TPSA) is 44.8 Å². The van der Waals surface area contributed by atoms with Gasteiger partial charge in [0, 0.05) is 0 Å². The first-order valence-electron chi connectivity index (χ1n) is 7.72. The molecule has 4 nitrogen and oxygen atoms in total. The average molecular weight is 342 g/mol. The molecule has 0 unspecified atom stereocenters. The number of hydrogen-bond acceptors (Lipinski definition) is 4. The molecule has 5 heteroatoms. The number of carbonyl (C=O) groups is 1. The Morgan fingerprint density at radius 1 is 0.958 bits per heavy atom. The molecule has 0 aliphatic rings. The monoisotopic (exact) mass is 342 g/mol. The highest BCUT2D eigenvalue weighted by atomic mass is 28.4. The summed E-state index contributed by atoms with van der Waals surface area (Å²) in [5.41, 5.74) is 0.477. The van der Waals surface area contributed by atoms with Gasteiger partial charge >= 0.3 is 5.97 Å². The fourth-order valence-corrected chi connectivity index (χ4v) is 2.78. The zero-order valence-corrected chi connectivity index (χ0v) is 15.2. The maximum Gasteiger partial charge on any atom is 0.343 e. The Morgan fingerprint density at radius 2 is 1.50 bits per heavy atom. The van der Waals surface area contributed by atoms with Crippen LogP contribution in [0.4, 0.5) is 0 Å². The Labute approximate surface area is 143 Å². The second kappa shape index (κ2) is 7.83. The van der Waals surface area contributed by atoms with E-state index in [1.54, 1.807) is 54.6 Å². The summed E-state index contributed by atoms with van der Waals surface area (Å²) in [6.45, 7) is 10.4. The second-order valence-corrected chi connectivity index (χ2v) is 10.6. The molecule has 24 heavy (non-hydrogen) atoms. The standard InChI is InChI=1S/C19H22O4Si/c1-5-14-21-16-10-12-17(13-11-16)22-19(20)15-6-8-18(9-7-15)23-24(2,3)4/h5-13H,1,14H2,2-4H3. The lowest BCUT2D eigenvalue weighted by Crippen LogP contribution is -2.29. The van der Waals surface area contributed by atoms with Gasteiger partial charge in [-0.3, -0.25) is 0 Å². The number of ether oxygens (including phenoxy) is 2. The van der Waals surface area contributed by atoms with Crippen molar-refractivity contribution < 1.29 is 18.7 Å². The fraction of sp³-hybridized carbons (Fsp3) is 0.211. The molecule has 126 valence electrons. The average Bonchev–Trinajstić information content (AvgIpc) is 2.53. The largest absolute Gasteiger partial charge is 0.544 e. The van der Waals surface area contributed by atoms with Crippen LogP contribution < -0.4 is 13.9 Å². The number of esters is 1. The number of benzene rings is 2. The predicted octanol–water partition coefficient (Wildman–Crippen LogP) is 4.68. The summed E-state index contributed by atoms with van der Waals surface area (Å²) in [7, 11) is -1.65. The fourth-order valence-electron chi connectivity index (χ4n) is 1.94. The van der Waals surface area contributed by atoms with E-state index < -0.39 is 14.3 Å². The van der Waals surface area contributed by atoms with E-state index in [9.17, 15) is 4.79 Å². The van der Waals surface area contributed by atoms with E-state index in [-0.39, 0.29) is 0 Å². The van der Waals surface area contributed by atoms with E-state index in [1.807, 2.05) is 0 Å². The highest BCUT2D eigenvalue weighted by Crippen LogP contribution is 2.20. The summed E-state index contributed by atoms with van der Waals surface area (Å²) in [6.07, 6.45) is 1.67. The molecule has 0 heterocycles. The molecule has 0 atom stereocenters. The van der Waals surface area contributed by atoms with E-state index in [0.29, 0.717) is 23.7 Å². The highest BCUT2D eigenvalue weighted by Gasteiger charge is 2.16. The van der Waals surface area contributed by atoms with Crippen LogP contribution in [0.5, 0.6) is 17.2 Å². The van der Waals surface area contributed by atoms with Gasteiger partial charge in [0.25, 0.3) is 0 Å². The van der Waals surface area contributed by atoms with E-state index >= 15 is 0 Å². The molecule has 0 saturated carbocycles. The molecule has 0 radical (unpaired) electrons. The molecule has 0 N–H and O–H groups in total. The van der Waals surface area contributed by atoms with Crippen LogP contribution in [0.25, 0.3) is 0 Å². The molecule has 0 bridgehead atoms. The molecule has 0 aliphatic carbocycles. The Morgan fingerprint density at radius 3 is 2.04 bits per heavy atom. The van der Waals surface area contributed by atoms with Crippen LogP contribution in [0.2, 0.25) is 19.6 Å². The lowest BCUT2D eigenvalue weighted by molar-refractivity contribution is 0.0734. The van der Waals surface area contributed by atoms with Gasteiger partial charge in [0.05, 0.1) is 5.56 Å². The van der Waals surface area contributed by atoms with Crippen molar-refractivity contribution in [3.8, 4) is 17.2 Å². The van der Waals surface area contributed by atoms with Gasteiger partial charge in [-0.15, -0.1) is 0 Å². The normalized spacial score (nSPS) is 10.8. The lowest BCUT2D eigenvalue weighted by Gasteiger charge is -2.19. The van der Waals surface area contributed by atoms with Crippen molar-refractivity contribution in [3.63, 3.8) is 0 Å². The minimum atomic E-state index is -1.65. The van der Waals surface area contributed by atoms with Crippen LogP contribution in [0.15, 0.2) is 61.2 Å². The van der Waals surface area contributed by atoms with Gasteiger partial charge < -0.3 is 13.9 Å². The van der Waals surface area contributed by atoms with Crippen molar-refractivity contribution in [1.29, 1.82) is 0 Å². The van der Waals surface area contributed by atoms with Gasteiger partial charge in [-0.2, -0.15) is 0 Å². The molecule has 0 saturated heterocycles. The predicted molar refractivity (Wildman–Crippen MR) is 97.5 cm³/mol. The summed E-state index contributed by atoms with van der Waals surface area (Å²) >= 11 is 0. The van der Waals surface area contributed by atoms with Gasteiger partial charge in [-0.25, -0.2) is 4.79 Å². The van der Waals surface area contributed by atoms with Crippen LogP contribution in [-0.2, 0) is 0 Å². The third-order valence-corrected chi connectivity index (χ3v) is 3.76. The van der Waals surface area contributed by atoms with Crippen molar-refractivity contribution in [2.75, 3.05) is 6.61 Å². The molecule has 0 spiro atoms. The summed E-state index contributed by atoms with van der Waals surface area (Å²) in [5.74, 6) is 1.53. The van der Waals surface area contributed by atoms with Crippen LogP contribution >= 0.6 is 0 Å². The number of carbonyl (C=O) groups excluding carboxylic acids is 1. The third-order valence-electron chi connectivity index (χ3n) is 2.92. The number of rotatable bonds is 7. The molecular formula is C19H22O4Si. The molecule has 2 rings (SSSR count). The van der Waals surface area contributed by atoms with Gasteiger partial charge in [0.1, 0.15) is 23.9 Å². The van der Waals surface area contributed by atoms with Crippen LogP contribution in [-0.4, -0.2) is 20.9 Å². The molecular weight excluding hydrogens is 320 g/mol. The van der Waals surface area contributed by atoms with Crippen molar-refractivity contribution in [1.82, 2.24) is 0 Å². The summed E-state index contributed by atoms with van der Waals surface area (Å²) < 4.78 is 16.6. The molecule has 0 fully saturated rings. The van der Waals surface area contributed by atoms with Crippen molar-refractivity contribution >= 4 is 14.3 Å². The van der Waals surface area contributed by atoms with E-state index in [0.717, 1.165) is 5.75 Å². The molecule has 2 aromatic carbocycles. The highest BCUT2D eigenvalue weighted by molar-refractivity contribution is 6.70. The molecule has 2 aromatic rings. The van der Waals surface area contributed by atoms with Crippen molar-refractivity contribution in [2.45, 2.75) is 19.6 Å². The Kier molecular flexibility index (Phi) is 5.81. The van der Waals surface area contributed by atoms with Crippen LogP contribution in [0.1, 0.15) is 10.4 Å². The summed E-state index contributed by atoms with van der Waals surface area (Å²) in [5, 5.41) is 0. The Balaban J connectivity index is 1.97. The van der Waals surface area contributed by atoms with Crippen molar-refractivity contribution in [3.05, 3.63) is 66.7 Å². The Bertz CT molecular complexity index is 685. The van der Waals surface area contributed by atoms with Gasteiger partial charge in [-0.1, -0.05) is 12.7 Å². The van der Waals surface area contributed by atoms with Crippen LogP contribution in [0.3, 0.4) is 0 Å². The number of hydrogen-bond donors (Lipinski definition) is 0. The van der Waals surface area contributed by atoms with Gasteiger partial charge in [0.2, 0.25) is 8.32 Å². The smallest absolute Gasteiger partial charge is 0.343 e. The zero-order chi connectivity index (χ0) is 17.6. The zero-order valence-electron chi connectivity index (χ0n) is 14.2. The lowest BCUT2D eigenvalue weighted by atomic mass is 10.2. The van der Waals surface area contributed by atoms with E-state index in [2.05, 4.69) is 26.2 Å². The molecule has 0 aliphatic heterocycles. The first kappa shape index (κ1) is 17.8. The minimum absolute atomic E-state index is 0.408. The van der Waals surface area contributed by atoms with Crippen LogP contribution in [0, 0.1) is 0 Å². The minimum Gasteiger partial charge on any atom is -0.544 e. The van der Waals surface area contributed by atoms with E-state index in [1.165, 1.54) is 0 Å². The Hall–Kier alpha value is -2.53. The first-order valence-corrected chi connectivity index (χ1v) is 11.1. The molecule has 0 amide bonds. The van der Waals surface area contributed by atoms with Crippen molar-refractivity contribution in [2.24, 2.45) is 0 Å². The second-order valence-electron chi connectivity index (χ2n) is 6.20. The van der Waals surface area contributed by atoms with E-state index in [4.69, 9.17) is 13.9 Å². The maximum atomic E-state index is 12.2. The third kappa shape index (κ3) is 5.59. The summed E-state index contributed by atoms with van der Waals surface area (Å²) in [4.78, 5) is 12.2.